The largest absolute Gasteiger partial charge is 0.285 e. The van der Waals surface area contributed by atoms with Crippen LogP contribution in [-0.4, -0.2) is 26.1 Å². The lowest BCUT2D eigenvalue weighted by molar-refractivity contribution is -0.123. The van der Waals surface area contributed by atoms with E-state index in [0.29, 0.717) is 10.6 Å². The van der Waals surface area contributed by atoms with Gasteiger partial charge in [0, 0.05) is 11.8 Å². The molecule has 1 aliphatic rings. The molecule has 2 aromatic rings. The van der Waals surface area contributed by atoms with Gasteiger partial charge in [-0.1, -0.05) is 17.8 Å². The van der Waals surface area contributed by atoms with Crippen molar-refractivity contribution in [3.05, 3.63) is 70.6 Å². The Morgan fingerprint density at radius 3 is 2.67 bits per heavy atom. The van der Waals surface area contributed by atoms with Gasteiger partial charge in [-0.25, -0.2) is 4.39 Å². The van der Waals surface area contributed by atoms with Crippen molar-refractivity contribution in [2.75, 3.05) is 0 Å². The second-order valence-corrected chi connectivity index (χ2v) is 6.40. The minimum absolute atomic E-state index is 0.206. The maximum Gasteiger partial charge on any atom is 0.285 e. The Morgan fingerprint density at radius 2 is 2.00 bits per heavy atom. The summed E-state index contributed by atoms with van der Waals surface area (Å²) in [5.74, 6) is -1.44. The maximum absolute atomic E-state index is 12.9. The monoisotopic (exact) mass is 359 g/mol. The molecule has 0 radical (unpaired) electrons. The summed E-state index contributed by atoms with van der Waals surface area (Å²) in [7, 11) is 0. The lowest BCUT2D eigenvalue weighted by Crippen LogP contribution is -2.44. The van der Waals surface area contributed by atoms with E-state index in [0.717, 1.165) is 16.8 Å². The number of pyridine rings is 1. The molecule has 1 aromatic heterocycles. The lowest BCUT2D eigenvalue weighted by Gasteiger charge is -2.15. The van der Waals surface area contributed by atoms with Crippen molar-refractivity contribution in [3.63, 3.8) is 0 Å². The molecule has 0 saturated carbocycles. The third kappa shape index (κ3) is 3.50. The van der Waals surface area contributed by atoms with Crippen LogP contribution in [0.4, 0.5) is 4.39 Å². The Balaban J connectivity index is 1.76. The van der Waals surface area contributed by atoms with Gasteiger partial charge in [-0.2, -0.15) is 5.01 Å². The number of nitrogens with zero attached hydrogens (tertiary/aromatic N) is 2. The third-order valence-corrected chi connectivity index (χ3v) is 4.38. The number of carbonyl (C=O) groups is 2. The number of thiocarbonyl (C=S) groups is 1. The first-order valence-corrected chi connectivity index (χ1v) is 8.02. The lowest BCUT2D eigenvalue weighted by atomic mass is 10.2. The van der Waals surface area contributed by atoms with Gasteiger partial charge < -0.3 is 0 Å². The Kier molecular flexibility index (Phi) is 4.68. The van der Waals surface area contributed by atoms with Crippen molar-refractivity contribution in [1.82, 2.24) is 15.4 Å². The summed E-state index contributed by atoms with van der Waals surface area (Å²) in [6.45, 7) is 0. The highest BCUT2D eigenvalue weighted by atomic mass is 32.2. The van der Waals surface area contributed by atoms with Crippen LogP contribution in [0, 0.1) is 5.82 Å². The molecule has 0 atom stereocenters. The predicted molar refractivity (Wildman–Crippen MR) is 93.1 cm³/mol. The minimum Gasteiger partial charge on any atom is -0.267 e. The highest BCUT2D eigenvalue weighted by molar-refractivity contribution is 8.26. The van der Waals surface area contributed by atoms with Gasteiger partial charge in [0.2, 0.25) is 0 Å². The molecule has 2 heterocycles. The number of amides is 2. The van der Waals surface area contributed by atoms with Crippen molar-refractivity contribution >= 4 is 46.2 Å². The normalized spacial score (nSPS) is 15.9. The average molecular weight is 359 g/mol. The zero-order valence-corrected chi connectivity index (χ0v) is 13.7. The molecular weight excluding hydrogens is 349 g/mol. The third-order valence-electron chi connectivity index (χ3n) is 3.08. The van der Waals surface area contributed by atoms with E-state index in [2.05, 4.69) is 10.4 Å². The van der Waals surface area contributed by atoms with Crippen LogP contribution in [0.15, 0.2) is 53.6 Å². The van der Waals surface area contributed by atoms with Gasteiger partial charge in [0.05, 0.1) is 10.6 Å². The standard InChI is InChI=1S/C16H10FN3O2S2/c17-11-6-4-10(5-7-11)14(21)19-20-15(22)13(24-16(20)23)9-12-3-1-2-8-18-12/h1-9H,(H,19,21)/b13-9+. The number of benzene rings is 1. The van der Waals surface area contributed by atoms with Crippen LogP contribution >= 0.6 is 24.0 Å². The molecule has 1 N–H and O–H groups in total. The van der Waals surface area contributed by atoms with E-state index in [1.54, 1.807) is 30.5 Å². The molecule has 3 rings (SSSR count). The molecule has 1 aliphatic heterocycles. The fraction of sp³-hybridized carbons (Fsp3) is 0. The van der Waals surface area contributed by atoms with Crippen LogP contribution in [-0.2, 0) is 4.79 Å². The van der Waals surface area contributed by atoms with Crippen LogP contribution in [0.3, 0.4) is 0 Å². The number of hydrogen-bond acceptors (Lipinski definition) is 5. The summed E-state index contributed by atoms with van der Waals surface area (Å²) in [5.41, 5.74) is 3.26. The summed E-state index contributed by atoms with van der Waals surface area (Å²) in [4.78, 5) is 29.0. The van der Waals surface area contributed by atoms with Gasteiger partial charge in [0.15, 0.2) is 4.32 Å². The van der Waals surface area contributed by atoms with Gasteiger partial charge >= 0.3 is 0 Å². The first-order chi connectivity index (χ1) is 11.5. The van der Waals surface area contributed by atoms with Crippen LogP contribution in [0.25, 0.3) is 6.08 Å². The quantitative estimate of drug-likeness (QED) is 0.674. The van der Waals surface area contributed by atoms with Crippen molar-refractivity contribution in [2.24, 2.45) is 0 Å². The van der Waals surface area contributed by atoms with Crippen molar-refractivity contribution in [3.8, 4) is 0 Å². The molecule has 1 fully saturated rings. The topological polar surface area (TPSA) is 62.3 Å². The Morgan fingerprint density at radius 1 is 1.25 bits per heavy atom. The van der Waals surface area contributed by atoms with E-state index >= 15 is 0 Å². The molecule has 0 bridgehead atoms. The first kappa shape index (κ1) is 16.3. The minimum atomic E-state index is -0.551. The number of hydrogen-bond donors (Lipinski definition) is 1. The Labute approximate surface area is 146 Å². The van der Waals surface area contributed by atoms with E-state index in [1.165, 1.54) is 24.3 Å². The summed E-state index contributed by atoms with van der Waals surface area (Å²) in [6, 6.07) is 10.3. The number of aromatic nitrogens is 1. The highest BCUT2D eigenvalue weighted by Gasteiger charge is 2.33. The van der Waals surface area contributed by atoms with Gasteiger partial charge in [-0.05, 0) is 54.7 Å². The molecule has 0 spiro atoms. The number of carbonyl (C=O) groups excluding carboxylic acids is 2. The molecule has 5 nitrogen and oxygen atoms in total. The molecule has 0 aliphatic carbocycles. The fourth-order valence-corrected chi connectivity index (χ4v) is 3.09. The van der Waals surface area contributed by atoms with Crippen LogP contribution in [0.5, 0.6) is 0 Å². The Bertz CT molecular complexity index is 838. The number of hydrazine groups is 1. The SMILES string of the molecule is O=C(NN1C(=O)/C(=C\c2ccccn2)SC1=S)c1ccc(F)cc1. The second-order valence-electron chi connectivity index (χ2n) is 4.72. The Hall–Kier alpha value is -2.58. The van der Waals surface area contributed by atoms with Gasteiger partial charge in [-0.15, -0.1) is 0 Å². The summed E-state index contributed by atoms with van der Waals surface area (Å²) < 4.78 is 13.1. The molecule has 120 valence electrons. The average Bonchev–Trinajstić information content (AvgIpc) is 2.84. The van der Waals surface area contributed by atoms with Gasteiger partial charge in [0.1, 0.15) is 5.82 Å². The highest BCUT2D eigenvalue weighted by Crippen LogP contribution is 2.31. The fourth-order valence-electron chi connectivity index (χ4n) is 1.93. The van der Waals surface area contributed by atoms with Gasteiger partial charge in [0.25, 0.3) is 11.8 Å². The van der Waals surface area contributed by atoms with Crippen molar-refractivity contribution < 1.29 is 14.0 Å². The molecule has 1 saturated heterocycles. The zero-order chi connectivity index (χ0) is 17.1. The molecular formula is C16H10FN3O2S2. The second kappa shape index (κ2) is 6.90. The van der Waals surface area contributed by atoms with Crippen LogP contribution in [0.1, 0.15) is 16.1 Å². The van der Waals surface area contributed by atoms with E-state index in [1.807, 2.05) is 0 Å². The van der Waals surface area contributed by atoms with Crippen molar-refractivity contribution in [1.29, 1.82) is 0 Å². The first-order valence-electron chi connectivity index (χ1n) is 6.80. The van der Waals surface area contributed by atoms with Crippen molar-refractivity contribution in [2.45, 2.75) is 0 Å². The molecule has 8 heteroatoms. The summed E-state index contributed by atoms with van der Waals surface area (Å²) in [5, 5.41) is 1.00. The number of nitrogens with one attached hydrogen (secondary N) is 1. The molecule has 2 amide bonds. The van der Waals surface area contributed by atoms with E-state index < -0.39 is 17.6 Å². The zero-order valence-electron chi connectivity index (χ0n) is 12.1. The van der Waals surface area contributed by atoms with Gasteiger partial charge in [-0.3, -0.25) is 20.0 Å². The molecule has 0 unspecified atom stereocenters. The maximum atomic E-state index is 12.9. The smallest absolute Gasteiger partial charge is 0.267 e. The van der Waals surface area contributed by atoms with Crippen LogP contribution < -0.4 is 5.43 Å². The van der Waals surface area contributed by atoms with E-state index in [9.17, 15) is 14.0 Å². The number of thioether (sulfide) groups is 1. The predicted octanol–water partition coefficient (Wildman–Crippen LogP) is 2.77. The number of halogens is 1. The summed E-state index contributed by atoms with van der Waals surface area (Å²) in [6.07, 6.45) is 3.21. The van der Waals surface area contributed by atoms with E-state index in [-0.39, 0.29) is 9.88 Å². The number of rotatable bonds is 3. The molecule has 24 heavy (non-hydrogen) atoms. The van der Waals surface area contributed by atoms with E-state index in [4.69, 9.17) is 12.2 Å². The summed E-state index contributed by atoms with van der Waals surface area (Å²) >= 11 is 6.20. The van der Waals surface area contributed by atoms with Crippen LogP contribution in [0.2, 0.25) is 0 Å². The molecule has 1 aromatic carbocycles.